The van der Waals surface area contributed by atoms with Crippen LogP contribution in [0.25, 0.3) is 0 Å². The SMILES string of the molecule is O=C(CCl)N1CCc2ccccc2C1c1ccccc1O. The highest BCUT2D eigenvalue weighted by atomic mass is 35.5. The van der Waals surface area contributed by atoms with Crippen molar-refractivity contribution in [2.75, 3.05) is 12.4 Å². The predicted molar refractivity (Wildman–Crippen MR) is 82.5 cm³/mol. The zero-order chi connectivity index (χ0) is 14.8. The van der Waals surface area contributed by atoms with Gasteiger partial charge in [-0.3, -0.25) is 4.79 Å². The molecule has 0 saturated heterocycles. The number of phenols is 1. The second-order valence-corrected chi connectivity index (χ2v) is 5.40. The van der Waals surface area contributed by atoms with Gasteiger partial charge in [0.1, 0.15) is 11.6 Å². The molecule has 1 aliphatic heterocycles. The third-order valence-corrected chi connectivity index (χ3v) is 4.18. The number of hydrogen-bond donors (Lipinski definition) is 1. The molecule has 0 spiro atoms. The Morgan fingerprint density at radius 1 is 1.14 bits per heavy atom. The number of amides is 1. The molecule has 1 unspecified atom stereocenters. The summed E-state index contributed by atoms with van der Waals surface area (Å²) < 4.78 is 0. The molecule has 108 valence electrons. The number of halogens is 1. The maximum atomic E-state index is 12.2. The Bertz CT molecular complexity index is 671. The van der Waals surface area contributed by atoms with Crippen LogP contribution in [0.2, 0.25) is 0 Å². The van der Waals surface area contributed by atoms with Gasteiger partial charge in [0.25, 0.3) is 0 Å². The van der Waals surface area contributed by atoms with E-state index in [9.17, 15) is 9.90 Å². The molecule has 0 radical (unpaired) electrons. The van der Waals surface area contributed by atoms with Gasteiger partial charge in [-0.25, -0.2) is 0 Å². The molecule has 4 heteroatoms. The van der Waals surface area contributed by atoms with Crippen LogP contribution in [0.5, 0.6) is 5.75 Å². The van der Waals surface area contributed by atoms with Crippen LogP contribution in [0.15, 0.2) is 48.5 Å². The second-order valence-electron chi connectivity index (χ2n) is 5.13. The van der Waals surface area contributed by atoms with Crippen LogP contribution < -0.4 is 0 Å². The first-order valence-electron chi connectivity index (χ1n) is 6.93. The molecule has 1 N–H and O–H groups in total. The minimum Gasteiger partial charge on any atom is -0.508 e. The number of nitrogens with zero attached hydrogens (tertiary/aromatic N) is 1. The van der Waals surface area contributed by atoms with E-state index in [0.29, 0.717) is 6.54 Å². The van der Waals surface area contributed by atoms with E-state index in [2.05, 4.69) is 6.07 Å². The number of aromatic hydroxyl groups is 1. The summed E-state index contributed by atoms with van der Waals surface area (Å²) in [4.78, 5) is 13.9. The molecule has 1 amide bonds. The molecule has 3 rings (SSSR count). The van der Waals surface area contributed by atoms with E-state index in [1.165, 1.54) is 5.56 Å². The largest absolute Gasteiger partial charge is 0.508 e. The maximum Gasteiger partial charge on any atom is 0.238 e. The predicted octanol–water partition coefficient (Wildman–Crippen LogP) is 3.11. The van der Waals surface area contributed by atoms with Crippen LogP contribution in [0.4, 0.5) is 0 Å². The first kappa shape index (κ1) is 14.0. The zero-order valence-electron chi connectivity index (χ0n) is 11.5. The van der Waals surface area contributed by atoms with Gasteiger partial charge in [0.2, 0.25) is 5.91 Å². The number of hydrogen-bond acceptors (Lipinski definition) is 2. The minimum absolute atomic E-state index is 0.0493. The van der Waals surface area contributed by atoms with E-state index in [4.69, 9.17) is 11.6 Å². The summed E-state index contributed by atoms with van der Waals surface area (Å²) >= 11 is 5.75. The highest BCUT2D eigenvalue weighted by molar-refractivity contribution is 6.27. The van der Waals surface area contributed by atoms with Crippen molar-refractivity contribution in [3.05, 3.63) is 65.2 Å². The van der Waals surface area contributed by atoms with Crippen molar-refractivity contribution in [1.29, 1.82) is 0 Å². The van der Waals surface area contributed by atoms with Crippen molar-refractivity contribution in [2.24, 2.45) is 0 Å². The van der Waals surface area contributed by atoms with Gasteiger partial charge in [0.05, 0.1) is 6.04 Å². The molecule has 2 aromatic carbocycles. The smallest absolute Gasteiger partial charge is 0.238 e. The lowest BCUT2D eigenvalue weighted by Crippen LogP contribution is -2.41. The lowest BCUT2D eigenvalue weighted by molar-refractivity contribution is -0.130. The zero-order valence-corrected chi connectivity index (χ0v) is 12.3. The molecular formula is C17H16ClNO2. The number of fused-ring (bicyclic) bond motifs is 1. The molecule has 0 bridgehead atoms. The molecule has 0 saturated carbocycles. The standard InChI is InChI=1S/C17H16ClNO2/c18-11-16(21)19-10-9-12-5-1-2-6-13(12)17(19)14-7-3-4-8-15(14)20/h1-8,17,20H,9-11H2. The minimum atomic E-state index is -0.276. The van der Waals surface area contributed by atoms with E-state index < -0.39 is 0 Å². The fourth-order valence-electron chi connectivity index (χ4n) is 2.97. The van der Waals surface area contributed by atoms with Crippen LogP contribution in [-0.2, 0) is 11.2 Å². The van der Waals surface area contributed by atoms with Crippen molar-refractivity contribution >= 4 is 17.5 Å². The average Bonchev–Trinajstić information content (AvgIpc) is 2.54. The number of alkyl halides is 1. The summed E-state index contributed by atoms with van der Waals surface area (Å²) in [6, 6.07) is 14.9. The van der Waals surface area contributed by atoms with E-state index in [0.717, 1.165) is 17.5 Å². The molecule has 2 aromatic rings. The van der Waals surface area contributed by atoms with Crippen LogP contribution >= 0.6 is 11.6 Å². The van der Waals surface area contributed by atoms with Gasteiger partial charge in [-0.05, 0) is 23.6 Å². The van der Waals surface area contributed by atoms with Gasteiger partial charge in [0, 0.05) is 12.1 Å². The van der Waals surface area contributed by atoms with E-state index in [1.54, 1.807) is 17.0 Å². The van der Waals surface area contributed by atoms with Crippen LogP contribution in [0.3, 0.4) is 0 Å². The third-order valence-electron chi connectivity index (χ3n) is 3.95. The molecule has 1 aliphatic rings. The fourth-order valence-corrected chi connectivity index (χ4v) is 3.12. The Morgan fingerprint density at radius 3 is 2.52 bits per heavy atom. The Labute approximate surface area is 128 Å². The summed E-state index contributed by atoms with van der Waals surface area (Å²) in [6.45, 7) is 0.613. The van der Waals surface area contributed by atoms with Gasteiger partial charge in [0.15, 0.2) is 0 Å². The monoisotopic (exact) mass is 301 g/mol. The number of rotatable bonds is 2. The summed E-state index contributed by atoms with van der Waals surface area (Å²) in [5, 5.41) is 10.2. The van der Waals surface area contributed by atoms with E-state index >= 15 is 0 Å². The topological polar surface area (TPSA) is 40.5 Å². The summed E-state index contributed by atoms with van der Waals surface area (Å²) in [7, 11) is 0. The van der Waals surface area contributed by atoms with Crippen molar-refractivity contribution in [1.82, 2.24) is 4.90 Å². The van der Waals surface area contributed by atoms with Gasteiger partial charge in [-0.15, -0.1) is 11.6 Å². The molecule has 1 heterocycles. The number of phenolic OH excluding ortho intramolecular Hbond substituents is 1. The third kappa shape index (κ3) is 2.49. The van der Waals surface area contributed by atoms with Crippen LogP contribution in [-0.4, -0.2) is 28.3 Å². The summed E-state index contributed by atoms with van der Waals surface area (Å²) in [5.41, 5.74) is 3.01. The molecule has 0 aliphatic carbocycles. The molecule has 21 heavy (non-hydrogen) atoms. The number of carbonyl (C=O) groups excluding carboxylic acids is 1. The van der Waals surface area contributed by atoms with Gasteiger partial charge in [-0.1, -0.05) is 42.5 Å². The fraction of sp³-hybridized carbons (Fsp3) is 0.235. The van der Waals surface area contributed by atoms with Crippen molar-refractivity contribution in [3.8, 4) is 5.75 Å². The lowest BCUT2D eigenvalue weighted by Gasteiger charge is -2.37. The molecule has 0 aromatic heterocycles. The number of carbonyl (C=O) groups is 1. The van der Waals surface area contributed by atoms with Gasteiger partial charge < -0.3 is 10.0 Å². The highest BCUT2D eigenvalue weighted by Crippen LogP contribution is 2.38. The lowest BCUT2D eigenvalue weighted by atomic mass is 9.88. The summed E-state index contributed by atoms with van der Waals surface area (Å²) in [5.74, 6) is 0.0395. The Balaban J connectivity index is 2.15. The Morgan fingerprint density at radius 2 is 1.81 bits per heavy atom. The molecule has 0 fully saturated rings. The first-order chi connectivity index (χ1) is 10.2. The van der Waals surface area contributed by atoms with Gasteiger partial charge in [-0.2, -0.15) is 0 Å². The molecule has 1 atom stereocenters. The van der Waals surface area contributed by atoms with Crippen LogP contribution in [0, 0.1) is 0 Å². The van der Waals surface area contributed by atoms with E-state index in [1.807, 2.05) is 30.3 Å². The second kappa shape index (κ2) is 5.78. The highest BCUT2D eigenvalue weighted by Gasteiger charge is 2.32. The molecule has 3 nitrogen and oxygen atoms in total. The Hall–Kier alpha value is -2.00. The van der Waals surface area contributed by atoms with Crippen molar-refractivity contribution in [3.63, 3.8) is 0 Å². The first-order valence-corrected chi connectivity index (χ1v) is 7.47. The van der Waals surface area contributed by atoms with Crippen molar-refractivity contribution in [2.45, 2.75) is 12.5 Å². The number of benzene rings is 2. The average molecular weight is 302 g/mol. The van der Waals surface area contributed by atoms with Crippen LogP contribution in [0.1, 0.15) is 22.7 Å². The van der Waals surface area contributed by atoms with Crippen molar-refractivity contribution < 1.29 is 9.90 Å². The number of para-hydroxylation sites is 1. The molecular weight excluding hydrogens is 286 g/mol. The Kier molecular flexibility index (Phi) is 3.84. The summed E-state index contributed by atoms with van der Waals surface area (Å²) in [6.07, 6.45) is 0.808. The maximum absolute atomic E-state index is 12.2. The van der Waals surface area contributed by atoms with Gasteiger partial charge >= 0.3 is 0 Å². The normalized spacial score (nSPS) is 17.4. The van der Waals surface area contributed by atoms with E-state index in [-0.39, 0.29) is 23.6 Å². The quantitative estimate of drug-likeness (QED) is 0.866.